The lowest BCUT2D eigenvalue weighted by atomic mass is 10.1. The molecular formula is C15H15N3O8. The van der Waals surface area contributed by atoms with Crippen molar-refractivity contribution in [3.05, 3.63) is 33.5 Å². The fourth-order valence-electron chi connectivity index (χ4n) is 2.22. The molecule has 11 heteroatoms. The minimum absolute atomic E-state index is 0.0104. The van der Waals surface area contributed by atoms with E-state index in [4.69, 9.17) is 9.47 Å². The SMILES string of the molecule is COC(=O)CN1C(=O)N/C(=C/c2cc(OC)c(OC)cc2[N+](=O)[O-])C1=O. The molecule has 0 spiro atoms. The minimum atomic E-state index is -0.838. The number of hydrogen-bond donors (Lipinski definition) is 1. The topological polar surface area (TPSA) is 137 Å². The first-order valence-corrected chi connectivity index (χ1v) is 7.14. The number of ether oxygens (including phenoxy) is 3. The summed E-state index contributed by atoms with van der Waals surface area (Å²) in [7, 11) is 3.79. The summed E-state index contributed by atoms with van der Waals surface area (Å²) in [6, 6.07) is 1.60. The van der Waals surface area contributed by atoms with Crippen molar-refractivity contribution in [3.63, 3.8) is 0 Å². The van der Waals surface area contributed by atoms with E-state index in [9.17, 15) is 24.5 Å². The highest BCUT2D eigenvalue weighted by Gasteiger charge is 2.35. The average molecular weight is 365 g/mol. The number of benzene rings is 1. The van der Waals surface area contributed by atoms with E-state index in [1.54, 1.807) is 0 Å². The normalized spacial score (nSPS) is 15.0. The molecule has 1 heterocycles. The van der Waals surface area contributed by atoms with E-state index in [-0.39, 0.29) is 28.4 Å². The van der Waals surface area contributed by atoms with Crippen LogP contribution >= 0.6 is 0 Å². The Morgan fingerprint density at radius 3 is 2.38 bits per heavy atom. The van der Waals surface area contributed by atoms with Crippen LogP contribution in [-0.4, -0.2) is 55.6 Å². The minimum Gasteiger partial charge on any atom is -0.493 e. The van der Waals surface area contributed by atoms with Crippen molar-refractivity contribution < 1.29 is 33.5 Å². The highest BCUT2D eigenvalue weighted by molar-refractivity contribution is 6.15. The first-order chi connectivity index (χ1) is 12.3. The maximum absolute atomic E-state index is 12.3. The molecule has 1 N–H and O–H groups in total. The zero-order valence-corrected chi connectivity index (χ0v) is 14.1. The Morgan fingerprint density at radius 1 is 1.23 bits per heavy atom. The smallest absolute Gasteiger partial charge is 0.329 e. The molecule has 0 radical (unpaired) electrons. The number of nitro benzene ring substituents is 1. The van der Waals surface area contributed by atoms with Gasteiger partial charge in [0.2, 0.25) is 0 Å². The number of nitrogens with one attached hydrogen (secondary N) is 1. The first kappa shape index (κ1) is 18.7. The van der Waals surface area contributed by atoms with E-state index in [0.29, 0.717) is 4.90 Å². The Bertz CT molecular complexity index is 817. The Hall–Kier alpha value is -3.63. The van der Waals surface area contributed by atoms with Gasteiger partial charge in [-0.2, -0.15) is 0 Å². The number of esters is 1. The molecule has 0 bridgehead atoms. The van der Waals surface area contributed by atoms with Gasteiger partial charge in [-0.1, -0.05) is 0 Å². The summed E-state index contributed by atoms with van der Waals surface area (Å²) in [5.41, 5.74) is -0.575. The van der Waals surface area contributed by atoms with Gasteiger partial charge in [-0.05, 0) is 12.1 Å². The van der Waals surface area contributed by atoms with Gasteiger partial charge in [-0.15, -0.1) is 0 Å². The van der Waals surface area contributed by atoms with Gasteiger partial charge < -0.3 is 19.5 Å². The monoisotopic (exact) mass is 365 g/mol. The molecule has 1 aliphatic heterocycles. The molecule has 0 atom stereocenters. The lowest BCUT2D eigenvalue weighted by Gasteiger charge is -2.09. The fraction of sp³-hybridized carbons (Fsp3) is 0.267. The van der Waals surface area contributed by atoms with Gasteiger partial charge >= 0.3 is 12.0 Å². The Balaban J connectivity index is 2.46. The van der Waals surface area contributed by atoms with E-state index < -0.39 is 29.4 Å². The van der Waals surface area contributed by atoms with E-state index in [0.717, 1.165) is 19.3 Å². The number of carbonyl (C=O) groups excluding carboxylic acids is 3. The second-order valence-corrected chi connectivity index (χ2v) is 4.98. The van der Waals surface area contributed by atoms with Gasteiger partial charge in [0.25, 0.3) is 11.6 Å². The summed E-state index contributed by atoms with van der Waals surface area (Å²) in [6.45, 7) is -0.577. The second kappa shape index (κ2) is 7.51. The predicted molar refractivity (Wildman–Crippen MR) is 86.4 cm³/mol. The molecule has 1 aromatic rings. The van der Waals surface area contributed by atoms with Crippen LogP contribution in [-0.2, 0) is 14.3 Å². The molecular weight excluding hydrogens is 350 g/mol. The van der Waals surface area contributed by atoms with Crippen molar-refractivity contribution in [2.45, 2.75) is 0 Å². The maximum Gasteiger partial charge on any atom is 0.329 e. The zero-order chi connectivity index (χ0) is 19.4. The van der Waals surface area contributed by atoms with Crippen LogP contribution in [0.25, 0.3) is 6.08 Å². The highest BCUT2D eigenvalue weighted by Crippen LogP contribution is 2.35. The number of nitro groups is 1. The van der Waals surface area contributed by atoms with Crippen LogP contribution in [0.3, 0.4) is 0 Å². The van der Waals surface area contributed by atoms with Gasteiger partial charge in [-0.3, -0.25) is 19.7 Å². The molecule has 1 aliphatic rings. The Kier molecular flexibility index (Phi) is 5.40. The number of imide groups is 1. The van der Waals surface area contributed by atoms with Gasteiger partial charge in [0.15, 0.2) is 11.5 Å². The summed E-state index contributed by atoms with van der Waals surface area (Å²) < 4.78 is 14.5. The first-order valence-electron chi connectivity index (χ1n) is 7.14. The van der Waals surface area contributed by atoms with Gasteiger partial charge in [-0.25, -0.2) is 9.69 Å². The summed E-state index contributed by atoms with van der Waals surface area (Å²) >= 11 is 0. The zero-order valence-electron chi connectivity index (χ0n) is 14.1. The van der Waals surface area contributed by atoms with E-state index >= 15 is 0 Å². The summed E-state index contributed by atoms with van der Waals surface area (Å²) in [4.78, 5) is 46.7. The van der Waals surface area contributed by atoms with E-state index in [1.165, 1.54) is 20.3 Å². The van der Waals surface area contributed by atoms with Crippen LogP contribution in [0.5, 0.6) is 11.5 Å². The molecule has 1 aromatic carbocycles. The molecule has 0 saturated carbocycles. The van der Waals surface area contributed by atoms with Crippen molar-refractivity contribution >= 4 is 29.7 Å². The number of methoxy groups -OCH3 is 3. The number of urea groups is 1. The van der Waals surface area contributed by atoms with Crippen LogP contribution < -0.4 is 14.8 Å². The molecule has 138 valence electrons. The van der Waals surface area contributed by atoms with Crippen LogP contribution in [0, 0.1) is 10.1 Å². The third-order valence-corrected chi connectivity index (χ3v) is 3.51. The summed E-state index contributed by atoms with van der Waals surface area (Å²) in [6.07, 6.45) is 1.12. The van der Waals surface area contributed by atoms with Crippen molar-refractivity contribution in [2.24, 2.45) is 0 Å². The quantitative estimate of drug-likeness (QED) is 0.255. The Labute approximate surface area is 147 Å². The number of amides is 3. The summed E-state index contributed by atoms with van der Waals surface area (Å²) in [5, 5.41) is 13.6. The van der Waals surface area contributed by atoms with Crippen molar-refractivity contribution in [3.8, 4) is 11.5 Å². The van der Waals surface area contributed by atoms with Crippen molar-refractivity contribution in [1.29, 1.82) is 0 Å². The molecule has 1 saturated heterocycles. The van der Waals surface area contributed by atoms with Gasteiger partial charge in [0, 0.05) is 0 Å². The lowest BCUT2D eigenvalue weighted by Crippen LogP contribution is -2.36. The van der Waals surface area contributed by atoms with Crippen LogP contribution in [0.2, 0.25) is 0 Å². The largest absolute Gasteiger partial charge is 0.493 e. The molecule has 0 aromatic heterocycles. The second-order valence-electron chi connectivity index (χ2n) is 4.98. The van der Waals surface area contributed by atoms with Gasteiger partial charge in [0.1, 0.15) is 12.2 Å². The number of rotatable bonds is 6. The Morgan fingerprint density at radius 2 is 1.85 bits per heavy atom. The molecule has 3 amide bonds. The lowest BCUT2D eigenvalue weighted by molar-refractivity contribution is -0.385. The molecule has 11 nitrogen and oxygen atoms in total. The van der Waals surface area contributed by atoms with Crippen LogP contribution in [0.1, 0.15) is 5.56 Å². The molecule has 0 unspecified atom stereocenters. The van der Waals surface area contributed by atoms with Crippen LogP contribution in [0.4, 0.5) is 10.5 Å². The number of carbonyl (C=O) groups is 3. The third-order valence-electron chi connectivity index (χ3n) is 3.51. The van der Waals surface area contributed by atoms with Crippen molar-refractivity contribution in [2.75, 3.05) is 27.9 Å². The van der Waals surface area contributed by atoms with E-state index in [2.05, 4.69) is 10.1 Å². The number of nitrogens with zero attached hydrogens (tertiary/aromatic N) is 2. The standard InChI is InChI=1S/C15H15N3O8/c1-24-11-5-8(10(18(22)23)6-12(11)25-2)4-9-14(20)17(15(21)16-9)7-13(19)26-3/h4-6H,7H2,1-3H3,(H,16,21)/b9-4+. The summed E-state index contributed by atoms with van der Waals surface area (Å²) in [5.74, 6) is -1.26. The predicted octanol–water partition coefficient (Wildman–Crippen LogP) is 0.678. The molecule has 26 heavy (non-hydrogen) atoms. The molecule has 0 aliphatic carbocycles. The van der Waals surface area contributed by atoms with E-state index in [1.807, 2.05) is 0 Å². The third kappa shape index (κ3) is 3.55. The van der Waals surface area contributed by atoms with Crippen molar-refractivity contribution in [1.82, 2.24) is 10.2 Å². The molecule has 2 rings (SSSR count). The molecule has 1 fully saturated rings. The number of hydrogen-bond acceptors (Lipinski definition) is 8. The maximum atomic E-state index is 12.3. The van der Waals surface area contributed by atoms with Gasteiger partial charge in [0.05, 0.1) is 37.9 Å². The fourth-order valence-corrected chi connectivity index (χ4v) is 2.22. The highest BCUT2D eigenvalue weighted by atomic mass is 16.6. The van der Waals surface area contributed by atoms with Crippen LogP contribution in [0.15, 0.2) is 17.8 Å². The average Bonchev–Trinajstić information content (AvgIpc) is 2.88.